The molecule has 1 saturated heterocycles. The van der Waals surface area contributed by atoms with E-state index in [0.29, 0.717) is 0 Å². The average Bonchev–Trinajstić information content (AvgIpc) is 2.17. The third kappa shape index (κ3) is 2.04. The zero-order valence-corrected chi connectivity index (χ0v) is 8.03. The molecule has 5 heteroatoms. The molecule has 1 rings (SSSR count). The van der Waals surface area contributed by atoms with E-state index in [1.54, 1.807) is 6.92 Å². The van der Waals surface area contributed by atoms with E-state index in [1.807, 2.05) is 0 Å². The van der Waals surface area contributed by atoms with Crippen molar-refractivity contribution >= 4 is 15.9 Å². The van der Waals surface area contributed by atoms with Crippen LogP contribution in [0, 0.1) is 0 Å². The Kier molecular flexibility index (Phi) is 3.22. The van der Waals surface area contributed by atoms with Crippen LogP contribution in [0.2, 0.25) is 0 Å². The predicted octanol–water partition coefficient (Wildman–Crippen LogP) is 0.701. The van der Waals surface area contributed by atoms with Crippen LogP contribution in [0.1, 0.15) is 6.92 Å². The number of hydrogen-bond donors (Lipinski definition) is 2. The van der Waals surface area contributed by atoms with Crippen LogP contribution in [-0.2, 0) is 4.74 Å². The van der Waals surface area contributed by atoms with E-state index in [2.05, 4.69) is 15.9 Å². The van der Waals surface area contributed by atoms with Gasteiger partial charge in [-0.1, -0.05) is 0 Å². The zero-order chi connectivity index (χ0) is 9.30. The molecule has 4 atom stereocenters. The smallest absolute Gasteiger partial charge is 0.164 e. The lowest BCUT2D eigenvalue weighted by Gasteiger charge is -2.09. The Bertz CT molecular complexity index is 193. The van der Waals surface area contributed by atoms with Crippen molar-refractivity contribution in [1.82, 2.24) is 0 Å². The fraction of sp³-hybridized carbons (Fsp3) is 0.714. The minimum Gasteiger partial charge on any atom is -0.388 e. The van der Waals surface area contributed by atoms with Gasteiger partial charge in [0.05, 0.1) is 6.10 Å². The van der Waals surface area contributed by atoms with Gasteiger partial charge in [-0.3, -0.25) is 0 Å². The SMILES string of the molecule is C[C@@H]1O[C@H](/C=C(/F)Br)[C@H](O)C1O. The molecule has 1 heterocycles. The highest BCUT2D eigenvalue weighted by atomic mass is 79.9. The van der Waals surface area contributed by atoms with Gasteiger partial charge in [0, 0.05) is 0 Å². The van der Waals surface area contributed by atoms with Crippen LogP contribution in [-0.4, -0.2) is 34.6 Å². The summed E-state index contributed by atoms with van der Waals surface area (Å²) in [6, 6.07) is 0. The van der Waals surface area contributed by atoms with Crippen molar-refractivity contribution in [3.8, 4) is 0 Å². The summed E-state index contributed by atoms with van der Waals surface area (Å²) in [5, 5.41) is 18.5. The van der Waals surface area contributed by atoms with Gasteiger partial charge in [0.25, 0.3) is 0 Å². The van der Waals surface area contributed by atoms with Crippen molar-refractivity contribution in [3.63, 3.8) is 0 Å². The van der Waals surface area contributed by atoms with E-state index in [9.17, 15) is 14.6 Å². The normalized spacial score (nSPS) is 43.6. The Morgan fingerprint density at radius 2 is 2.08 bits per heavy atom. The van der Waals surface area contributed by atoms with Gasteiger partial charge >= 0.3 is 0 Å². The van der Waals surface area contributed by atoms with E-state index in [1.165, 1.54) is 0 Å². The van der Waals surface area contributed by atoms with Crippen LogP contribution in [0.15, 0.2) is 10.8 Å². The summed E-state index contributed by atoms with van der Waals surface area (Å²) in [6.45, 7) is 1.62. The number of aliphatic hydroxyl groups excluding tert-OH is 2. The number of rotatable bonds is 1. The first-order chi connectivity index (χ1) is 5.52. The largest absolute Gasteiger partial charge is 0.388 e. The molecule has 0 radical (unpaired) electrons. The van der Waals surface area contributed by atoms with Crippen molar-refractivity contribution in [1.29, 1.82) is 0 Å². The molecule has 70 valence electrons. The fourth-order valence-electron chi connectivity index (χ4n) is 1.14. The van der Waals surface area contributed by atoms with Crippen molar-refractivity contribution in [2.75, 3.05) is 0 Å². The molecule has 1 aliphatic rings. The lowest BCUT2D eigenvalue weighted by Crippen LogP contribution is -2.30. The minimum atomic E-state index is -1.05. The van der Waals surface area contributed by atoms with E-state index >= 15 is 0 Å². The van der Waals surface area contributed by atoms with Crippen molar-refractivity contribution in [2.45, 2.75) is 31.3 Å². The molecule has 0 aromatic heterocycles. The van der Waals surface area contributed by atoms with E-state index in [4.69, 9.17) is 4.74 Å². The Balaban J connectivity index is 2.65. The first kappa shape index (κ1) is 10.1. The Morgan fingerprint density at radius 3 is 2.42 bits per heavy atom. The Labute approximate surface area is 78.0 Å². The standard InChI is InChI=1S/C7H10BrFO3/c1-3-6(10)7(11)4(12-3)2-5(8)9/h2-4,6-7,10-11H,1H3/b5-2+/t3-,4+,6?,7-/m0/s1. The molecule has 0 aromatic carbocycles. The fourth-order valence-corrected chi connectivity index (χ4v) is 1.40. The summed E-state index contributed by atoms with van der Waals surface area (Å²) in [5.74, 6) is 0. The van der Waals surface area contributed by atoms with E-state index < -0.39 is 29.2 Å². The van der Waals surface area contributed by atoms with Crippen LogP contribution in [0.3, 0.4) is 0 Å². The van der Waals surface area contributed by atoms with Crippen LogP contribution in [0.25, 0.3) is 0 Å². The maximum atomic E-state index is 12.3. The third-order valence-electron chi connectivity index (χ3n) is 1.83. The Hall–Kier alpha value is 0.0300. The summed E-state index contributed by atoms with van der Waals surface area (Å²) in [7, 11) is 0. The molecule has 1 aliphatic heterocycles. The first-order valence-electron chi connectivity index (χ1n) is 3.57. The molecule has 1 fully saturated rings. The highest BCUT2D eigenvalue weighted by Gasteiger charge is 2.39. The molecule has 12 heavy (non-hydrogen) atoms. The molecular weight excluding hydrogens is 231 g/mol. The highest BCUT2D eigenvalue weighted by molar-refractivity contribution is 9.11. The van der Waals surface area contributed by atoms with Crippen molar-refractivity contribution < 1.29 is 19.3 Å². The lowest BCUT2D eigenvalue weighted by molar-refractivity contribution is 0.0316. The number of hydrogen-bond acceptors (Lipinski definition) is 3. The second-order valence-corrected chi connectivity index (χ2v) is 3.50. The van der Waals surface area contributed by atoms with Crippen LogP contribution in [0.5, 0.6) is 0 Å². The monoisotopic (exact) mass is 240 g/mol. The minimum absolute atomic E-state index is 0.465. The highest BCUT2D eigenvalue weighted by Crippen LogP contribution is 2.23. The van der Waals surface area contributed by atoms with Gasteiger partial charge < -0.3 is 14.9 Å². The molecule has 2 N–H and O–H groups in total. The maximum absolute atomic E-state index is 12.3. The van der Waals surface area contributed by atoms with Crippen LogP contribution < -0.4 is 0 Å². The average molecular weight is 241 g/mol. The molecule has 0 bridgehead atoms. The summed E-state index contributed by atoms with van der Waals surface area (Å²) in [4.78, 5) is 0. The first-order valence-corrected chi connectivity index (χ1v) is 4.36. The summed E-state index contributed by atoms with van der Waals surface area (Å²) < 4.78 is 16.7. The molecule has 0 amide bonds. The molecule has 0 aliphatic carbocycles. The molecule has 0 spiro atoms. The van der Waals surface area contributed by atoms with Gasteiger partial charge in [0.15, 0.2) is 4.74 Å². The quantitative estimate of drug-likeness (QED) is 0.710. The zero-order valence-electron chi connectivity index (χ0n) is 6.45. The third-order valence-corrected chi connectivity index (χ3v) is 2.09. The Morgan fingerprint density at radius 1 is 1.50 bits per heavy atom. The topological polar surface area (TPSA) is 49.7 Å². The van der Waals surface area contributed by atoms with Crippen molar-refractivity contribution in [3.05, 3.63) is 10.8 Å². The van der Waals surface area contributed by atoms with Crippen molar-refractivity contribution in [2.24, 2.45) is 0 Å². The van der Waals surface area contributed by atoms with Gasteiger partial charge in [-0.25, -0.2) is 0 Å². The predicted molar refractivity (Wildman–Crippen MR) is 44.5 cm³/mol. The van der Waals surface area contributed by atoms with Gasteiger partial charge in [-0.15, -0.1) is 0 Å². The van der Waals surface area contributed by atoms with Gasteiger partial charge in [0.2, 0.25) is 0 Å². The summed E-state index contributed by atoms with van der Waals surface area (Å²) >= 11 is 2.57. The number of halogens is 2. The summed E-state index contributed by atoms with van der Waals surface area (Å²) in [6.07, 6.45) is -2.15. The van der Waals surface area contributed by atoms with Crippen LogP contribution in [0.4, 0.5) is 4.39 Å². The molecular formula is C7H10BrFO3. The van der Waals surface area contributed by atoms with Crippen LogP contribution >= 0.6 is 15.9 Å². The molecule has 3 nitrogen and oxygen atoms in total. The summed E-state index contributed by atoms with van der Waals surface area (Å²) in [5.41, 5.74) is 0. The van der Waals surface area contributed by atoms with Gasteiger partial charge in [-0.05, 0) is 28.9 Å². The number of ether oxygens (including phenoxy) is 1. The second-order valence-electron chi connectivity index (χ2n) is 2.74. The molecule has 1 unspecified atom stereocenters. The van der Waals surface area contributed by atoms with E-state index in [-0.39, 0.29) is 0 Å². The molecule has 0 aromatic rings. The number of aliphatic hydroxyl groups is 2. The van der Waals surface area contributed by atoms with Gasteiger partial charge in [-0.2, -0.15) is 4.39 Å². The second kappa shape index (κ2) is 3.83. The maximum Gasteiger partial charge on any atom is 0.164 e. The van der Waals surface area contributed by atoms with Gasteiger partial charge in [0.1, 0.15) is 18.3 Å². The lowest BCUT2D eigenvalue weighted by atomic mass is 10.1. The van der Waals surface area contributed by atoms with E-state index in [0.717, 1.165) is 6.08 Å². The molecule has 0 saturated carbocycles.